The summed E-state index contributed by atoms with van der Waals surface area (Å²) >= 11 is 0. The molecule has 0 spiro atoms. The molecule has 0 radical (unpaired) electrons. The van der Waals surface area contributed by atoms with Crippen molar-refractivity contribution >= 4 is 5.78 Å². The molecule has 1 heteroatoms. The monoisotopic (exact) mass is 164 g/mol. The minimum absolute atomic E-state index is 0.115. The van der Waals surface area contributed by atoms with E-state index in [1.54, 1.807) is 12.2 Å². The van der Waals surface area contributed by atoms with Gasteiger partial charge in [0.2, 0.25) is 0 Å². The van der Waals surface area contributed by atoms with E-state index < -0.39 is 0 Å². The van der Waals surface area contributed by atoms with Crippen molar-refractivity contribution in [2.75, 3.05) is 0 Å². The van der Waals surface area contributed by atoms with Gasteiger partial charge in [-0.2, -0.15) is 0 Å². The van der Waals surface area contributed by atoms with Crippen molar-refractivity contribution in [2.45, 2.75) is 33.1 Å². The maximum Gasteiger partial charge on any atom is 0.178 e. The van der Waals surface area contributed by atoms with Gasteiger partial charge in [0.05, 0.1) is 0 Å². The first-order chi connectivity index (χ1) is 5.66. The van der Waals surface area contributed by atoms with Crippen molar-refractivity contribution in [3.63, 3.8) is 0 Å². The summed E-state index contributed by atoms with van der Waals surface area (Å²) in [6.07, 6.45) is 11.0. The van der Waals surface area contributed by atoms with Gasteiger partial charge in [-0.3, -0.25) is 4.79 Å². The predicted molar refractivity (Wildman–Crippen MR) is 50.9 cm³/mol. The molecule has 0 amide bonds. The van der Waals surface area contributed by atoms with E-state index in [0.29, 0.717) is 0 Å². The molecule has 1 nitrogen and oxygen atoms in total. The first-order valence-electron chi connectivity index (χ1n) is 4.59. The van der Waals surface area contributed by atoms with E-state index >= 15 is 0 Å². The lowest BCUT2D eigenvalue weighted by Gasteiger charge is -2.23. The van der Waals surface area contributed by atoms with E-state index in [-0.39, 0.29) is 11.2 Å². The molecule has 12 heavy (non-hydrogen) atoms. The molecule has 0 saturated heterocycles. The summed E-state index contributed by atoms with van der Waals surface area (Å²) in [6, 6.07) is 0. The molecule has 0 atom stereocenters. The molecule has 0 bridgehead atoms. The first-order valence-corrected chi connectivity index (χ1v) is 4.59. The van der Waals surface area contributed by atoms with Crippen LogP contribution in [0.3, 0.4) is 0 Å². The summed E-state index contributed by atoms with van der Waals surface area (Å²) in [5.74, 6) is 0.115. The molecular weight excluding hydrogens is 148 g/mol. The Kier molecular flexibility index (Phi) is 2.85. The van der Waals surface area contributed by atoms with Gasteiger partial charge in [0, 0.05) is 5.41 Å². The quantitative estimate of drug-likeness (QED) is 0.626. The van der Waals surface area contributed by atoms with Crippen molar-refractivity contribution in [3.8, 4) is 0 Å². The first kappa shape index (κ1) is 9.24. The fraction of sp³-hybridized carbons (Fsp3) is 0.545. The lowest BCUT2D eigenvalue weighted by molar-refractivity contribution is -0.110. The molecule has 0 fully saturated rings. The molecule has 1 aliphatic carbocycles. The molecule has 0 aromatic carbocycles. The fourth-order valence-corrected chi connectivity index (χ4v) is 1.38. The number of unbranched alkanes of at least 4 members (excludes halogenated alkanes) is 1. The van der Waals surface area contributed by atoms with Crippen LogP contribution in [0.25, 0.3) is 0 Å². The van der Waals surface area contributed by atoms with Gasteiger partial charge >= 0.3 is 0 Å². The number of ketones is 1. The van der Waals surface area contributed by atoms with E-state index in [1.165, 1.54) is 12.8 Å². The second kappa shape index (κ2) is 3.70. The Morgan fingerprint density at radius 3 is 2.42 bits per heavy atom. The maximum atomic E-state index is 10.9. The fourth-order valence-electron chi connectivity index (χ4n) is 1.38. The van der Waals surface area contributed by atoms with Gasteiger partial charge in [-0.25, -0.2) is 0 Å². The van der Waals surface area contributed by atoms with Gasteiger partial charge in [0.15, 0.2) is 5.78 Å². The van der Waals surface area contributed by atoms with E-state index in [0.717, 1.165) is 6.42 Å². The Morgan fingerprint density at radius 2 is 1.92 bits per heavy atom. The number of carbonyl (C=O) groups is 1. The lowest BCUT2D eigenvalue weighted by atomic mass is 9.81. The van der Waals surface area contributed by atoms with Gasteiger partial charge in [-0.15, -0.1) is 0 Å². The smallest absolute Gasteiger partial charge is 0.178 e. The van der Waals surface area contributed by atoms with E-state index in [4.69, 9.17) is 0 Å². The van der Waals surface area contributed by atoms with Crippen LogP contribution in [-0.2, 0) is 4.79 Å². The van der Waals surface area contributed by atoms with E-state index in [1.807, 2.05) is 12.2 Å². The van der Waals surface area contributed by atoms with Crippen molar-refractivity contribution in [3.05, 3.63) is 24.3 Å². The van der Waals surface area contributed by atoms with Crippen LogP contribution in [0.5, 0.6) is 0 Å². The topological polar surface area (TPSA) is 17.1 Å². The summed E-state index contributed by atoms with van der Waals surface area (Å²) in [6.45, 7) is 4.35. The minimum atomic E-state index is 0.115. The molecule has 0 N–H and O–H groups in total. The summed E-state index contributed by atoms with van der Waals surface area (Å²) in [4.78, 5) is 10.9. The number of hydrogen-bond acceptors (Lipinski definition) is 1. The van der Waals surface area contributed by atoms with Gasteiger partial charge in [-0.05, 0) is 18.6 Å². The molecule has 0 aliphatic heterocycles. The standard InChI is InChI=1S/C11H16O/c1-3-4-7-11(2)8-5-10(12)6-9-11/h5-6,8-9H,3-4,7H2,1-2H3. The molecule has 1 aliphatic rings. The number of rotatable bonds is 3. The molecule has 66 valence electrons. The zero-order chi connectivity index (χ0) is 9.03. The van der Waals surface area contributed by atoms with Crippen LogP contribution >= 0.6 is 0 Å². The summed E-state index contributed by atoms with van der Waals surface area (Å²) in [7, 11) is 0. The Morgan fingerprint density at radius 1 is 1.33 bits per heavy atom. The predicted octanol–water partition coefficient (Wildman–Crippen LogP) is 2.88. The molecule has 0 aromatic rings. The molecule has 0 unspecified atom stereocenters. The zero-order valence-corrected chi connectivity index (χ0v) is 7.84. The average molecular weight is 164 g/mol. The van der Waals surface area contributed by atoms with Crippen LogP contribution in [-0.4, -0.2) is 5.78 Å². The summed E-state index contributed by atoms with van der Waals surface area (Å²) < 4.78 is 0. The highest BCUT2D eigenvalue weighted by Crippen LogP contribution is 2.29. The van der Waals surface area contributed by atoms with Crippen molar-refractivity contribution in [2.24, 2.45) is 5.41 Å². The van der Waals surface area contributed by atoms with E-state index in [2.05, 4.69) is 13.8 Å². The Hall–Kier alpha value is -0.850. The summed E-state index contributed by atoms with van der Waals surface area (Å²) in [5.41, 5.74) is 0.129. The largest absolute Gasteiger partial charge is 0.290 e. The molecule has 0 saturated carbocycles. The van der Waals surface area contributed by atoms with Crippen LogP contribution in [0, 0.1) is 5.41 Å². The summed E-state index contributed by atoms with van der Waals surface area (Å²) in [5, 5.41) is 0. The third kappa shape index (κ3) is 2.33. The van der Waals surface area contributed by atoms with Crippen LogP contribution in [0.1, 0.15) is 33.1 Å². The average Bonchev–Trinajstić information content (AvgIpc) is 2.08. The van der Waals surface area contributed by atoms with Gasteiger partial charge in [0.25, 0.3) is 0 Å². The lowest BCUT2D eigenvalue weighted by Crippen LogP contribution is -2.13. The normalized spacial score (nSPS) is 20.0. The second-order valence-electron chi connectivity index (χ2n) is 3.68. The second-order valence-corrected chi connectivity index (χ2v) is 3.68. The van der Waals surface area contributed by atoms with Crippen LogP contribution in [0.15, 0.2) is 24.3 Å². The Bertz CT molecular complexity index is 207. The van der Waals surface area contributed by atoms with Gasteiger partial charge in [-0.1, -0.05) is 38.8 Å². The highest BCUT2D eigenvalue weighted by molar-refractivity contribution is 6.00. The maximum absolute atomic E-state index is 10.9. The van der Waals surface area contributed by atoms with Crippen molar-refractivity contribution < 1.29 is 4.79 Å². The zero-order valence-electron chi connectivity index (χ0n) is 7.84. The highest BCUT2D eigenvalue weighted by atomic mass is 16.1. The van der Waals surface area contributed by atoms with Gasteiger partial charge in [0.1, 0.15) is 0 Å². The third-order valence-electron chi connectivity index (χ3n) is 2.33. The Balaban J connectivity index is 2.55. The van der Waals surface area contributed by atoms with Crippen LogP contribution in [0.2, 0.25) is 0 Å². The van der Waals surface area contributed by atoms with Crippen molar-refractivity contribution in [1.29, 1.82) is 0 Å². The molecular formula is C11H16O. The number of hydrogen-bond donors (Lipinski definition) is 0. The van der Waals surface area contributed by atoms with Crippen LogP contribution < -0.4 is 0 Å². The SMILES string of the molecule is CCCCC1(C)C=CC(=O)C=C1. The Labute approximate surface area is 74.2 Å². The third-order valence-corrected chi connectivity index (χ3v) is 2.33. The van der Waals surface area contributed by atoms with Crippen LogP contribution in [0.4, 0.5) is 0 Å². The minimum Gasteiger partial charge on any atom is -0.290 e. The molecule has 1 rings (SSSR count). The van der Waals surface area contributed by atoms with Gasteiger partial charge < -0.3 is 0 Å². The number of carbonyl (C=O) groups excluding carboxylic acids is 1. The van der Waals surface area contributed by atoms with Crippen molar-refractivity contribution in [1.82, 2.24) is 0 Å². The molecule has 0 heterocycles. The highest BCUT2D eigenvalue weighted by Gasteiger charge is 2.19. The molecule has 0 aromatic heterocycles. The number of allylic oxidation sites excluding steroid dienone is 4. The van der Waals surface area contributed by atoms with E-state index in [9.17, 15) is 4.79 Å².